The topological polar surface area (TPSA) is 74.1 Å². The van der Waals surface area contributed by atoms with Gasteiger partial charge in [-0.2, -0.15) is 5.10 Å². The highest BCUT2D eigenvalue weighted by atomic mass is 32.1. The van der Waals surface area contributed by atoms with Gasteiger partial charge in [0, 0.05) is 6.07 Å². The Morgan fingerprint density at radius 1 is 1.14 bits per heavy atom. The van der Waals surface area contributed by atoms with Gasteiger partial charge in [0.2, 0.25) is 0 Å². The number of aromatic nitrogens is 3. The van der Waals surface area contributed by atoms with Gasteiger partial charge in [0.25, 0.3) is 0 Å². The minimum absolute atomic E-state index is 0.00664. The Kier molecular flexibility index (Phi) is 3.23. The molecule has 0 atom stereocenters. The Balaban J connectivity index is 2.27. The van der Waals surface area contributed by atoms with E-state index in [1.54, 1.807) is 10.6 Å². The molecule has 0 aliphatic carbocycles. The fourth-order valence-electron chi connectivity index (χ4n) is 2.22. The number of nitrogens with zero attached hydrogens (tertiary/aromatic N) is 2. The van der Waals surface area contributed by atoms with Gasteiger partial charge < -0.3 is 10.2 Å². The maximum atomic E-state index is 10.0. The third-order valence-electron chi connectivity index (χ3n) is 3.25. The van der Waals surface area contributed by atoms with E-state index in [0.29, 0.717) is 16.2 Å². The van der Waals surface area contributed by atoms with Crippen molar-refractivity contribution < 1.29 is 10.2 Å². The standard InChI is InChI=1S/C15H13N3O2S/c1-9-4-2-3-5-12(9)18-14(16-17-15(18)21)11-7-6-10(19)8-13(11)20/h2-8,19-20H,1H3,(H,17,21). The molecule has 6 heteroatoms. The Morgan fingerprint density at radius 2 is 1.90 bits per heavy atom. The van der Waals surface area contributed by atoms with Crippen molar-refractivity contribution in [2.75, 3.05) is 0 Å². The van der Waals surface area contributed by atoms with Gasteiger partial charge in [-0.3, -0.25) is 9.67 Å². The zero-order valence-electron chi connectivity index (χ0n) is 11.2. The predicted octanol–water partition coefficient (Wildman–Crippen LogP) is 3.32. The summed E-state index contributed by atoms with van der Waals surface area (Å²) in [5, 5.41) is 26.4. The number of aryl methyl sites for hydroxylation is 1. The molecular formula is C15H13N3O2S. The Hall–Kier alpha value is -2.60. The molecule has 0 aliphatic rings. The van der Waals surface area contributed by atoms with E-state index in [1.165, 1.54) is 12.1 Å². The number of aromatic amines is 1. The molecule has 1 heterocycles. The van der Waals surface area contributed by atoms with Crippen molar-refractivity contribution in [2.24, 2.45) is 0 Å². The van der Waals surface area contributed by atoms with Crippen molar-refractivity contribution in [2.45, 2.75) is 6.92 Å². The number of hydrogen-bond acceptors (Lipinski definition) is 4. The van der Waals surface area contributed by atoms with Crippen molar-refractivity contribution in [1.82, 2.24) is 14.8 Å². The highest BCUT2D eigenvalue weighted by Crippen LogP contribution is 2.32. The second-order valence-corrected chi connectivity index (χ2v) is 5.06. The number of phenolic OH excluding ortho intramolecular Hbond substituents is 2. The molecule has 0 saturated heterocycles. The third kappa shape index (κ3) is 2.30. The number of para-hydroxylation sites is 1. The molecule has 3 rings (SSSR count). The van der Waals surface area contributed by atoms with E-state index in [-0.39, 0.29) is 11.5 Å². The lowest BCUT2D eigenvalue weighted by atomic mass is 10.1. The van der Waals surface area contributed by atoms with E-state index in [2.05, 4.69) is 10.2 Å². The number of hydrogen-bond donors (Lipinski definition) is 3. The number of rotatable bonds is 2. The molecule has 0 unspecified atom stereocenters. The van der Waals surface area contributed by atoms with Gasteiger partial charge in [-0.1, -0.05) is 18.2 Å². The highest BCUT2D eigenvalue weighted by molar-refractivity contribution is 7.71. The lowest BCUT2D eigenvalue weighted by molar-refractivity contribution is 0.451. The molecule has 1 aromatic heterocycles. The summed E-state index contributed by atoms with van der Waals surface area (Å²) in [6, 6.07) is 12.1. The number of benzene rings is 2. The van der Waals surface area contributed by atoms with Crippen LogP contribution < -0.4 is 0 Å². The summed E-state index contributed by atoms with van der Waals surface area (Å²) in [6.45, 7) is 1.98. The van der Waals surface area contributed by atoms with Crippen LogP contribution in [0.25, 0.3) is 17.1 Å². The van der Waals surface area contributed by atoms with Crippen molar-refractivity contribution >= 4 is 12.2 Å². The van der Waals surface area contributed by atoms with Crippen LogP contribution in [0.1, 0.15) is 5.56 Å². The van der Waals surface area contributed by atoms with Crippen molar-refractivity contribution in [3.05, 3.63) is 52.8 Å². The molecule has 5 nitrogen and oxygen atoms in total. The smallest absolute Gasteiger partial charge is 0.200 e. The molecule has 21 heavy (non-hydrogen) atoms. The van der Waals surface area contributed by atoms with E-state index in [1.807, 2.05) is 31.2 Å². The zero-order valence-corrected chi connectivity index (χ0v) is 12.1. The first-order valence-corrected chi connectivity index (χ1v) is 6.74. The Morgan fingerprint density at radius 3 is 2.62 bits per heavy atom. The average molecular weight is 299 g/mol. The van der Waals surface area contributed by atoms with E-state index >= 15 is 0 Å². The first-order chi connectivity index (χ1) is 10.1. The third-order valence-corrected chi connectivity index (χ3v) is 3.52. The Bertz CT molecular complexity index is 867. The Labute approximate surface area is 126 Å². The lowest BCUT2D eigenvalue weighted by Crippen LogP contribution is -2.00. The predicted molar refractivity (Wildman–Crippen MR) is 82.3 cm³/mol. The first-order valence-electron chi connectivity index (χ1n) is 6.33. The molecule has 3 N–H and O–H groups in total. The van der Waals surface area contributed by atoms with E-state index < -0.39 is 0 Å². The van der Waals surface area contributed by atoms with Gasteiger partial charge in [-0.15, -0.1) is 0 Å². The SMILES string of the molecule is Cc1ccccc1-n1c(-c2ccc(O)cc2O)n[nH]c1=S. The van der Waals surface area contributed by atoms with Crippen molar-refractivity contribution in [3.63, 3.8) is 0 Å². The van der Waals surface area contributed by atoms with Crippen LogP contribution in [0.2, 0.25) is 0 Å². The molecule has 0 radical (unpaired) electrons. The summed E-state index contributed by atoms with van der Waals surface area (Å²) in [5.41, 5.74) is 2.41. The second-order valence-electron chi connectivity index (χ2n) is 4.68. The van der Waals surface area contributed by atoms with Crippen molar-refractivity contribution in [1.29, 1.82) is 0 Å². The fraction of sp³-hybridized carbons (Fsp3) is 0.0667. The van der Waals surface area contributed by atoms with Crippen LogP contribution >= 0.6 is 12.2 Å². The van der Waals surface area contributed by atoms with Gasteiger partial charge in [-0.25, -0.2) is 0 Å². The van der Waals surface area contributed by atoms with Crippen molar-refractivity contribution in [3.8, 4) is 28.6 Å². The maximum Gasteiger partial charge on any atom is 0.200 e. The summed E-state index contributed by atoms with van der Waals surface area (Å²) in [5.74, 6) is 0.429. The average Bonchev–Trinajstić information content (AvgIpc) is 2.81. The van der Waals surface area contributed by atoms with Crippen LogP contribution in [0.3, 0.4) is 0 Å². The van der Waals surface area contributed by atoms with Crippen LogP contribution in [-0.4, -0.2) is 25.0 Å². The normalized spacial score (nSPS) is 10.7. The minimum atomic E-state index is -0.0566. The number of nitrogens with one attached hydrogen (secondary N) is 1. The number of H-pyrrole nitrogens is 1. The number of aromatic hydroxyl groups is 2. The van der Waals surface area contributed by atoms with Crippen LogP contribution in [-0.2, 0) is 0 Å². The molecule has 106 valence electrons. The summed E-state index contributed by atoms with van der Waals surface area (Å²) in [6.07, 6.45) is 0. The van der Waals surface area contributed by atoms with E-state index in [0.717, 1.165) is 11.3 Å². The van der Waals surface area contributed by atoms with Gasteiger partial charge in [0.05, 0.1) is 11.3 Å². The van der Waals surface area contributed by atoms with Gasteiger partial charge in [-0.05, 0) is 42.9 Å². The zero-order chi connectivity index (χ0) is 15.0. The van der Waals surface area contributed by atoms with Crippen LogP contribution in [0, 0.1) is 11.7 Å². The number of phenols is 2. The van der Waals surface area contributed by atoms with Gasteiger partial charge in [0.1, 0.15) is 11.5 Å². The minimum Gasteiger partial charge on any atom is -0.508 e. The molecule has 0 amide bonds. The summed E-state index contributed by atoms with van der Waals surface area (Å²) < 4.78 is 2.20. The van der Waals surface area contributed by atoms with Crippen LogP contribution in [0.4, 0.5) is 0 Å². The van der Waals surface area contributed by atoms with Crippen LogP contribution in [0.5, 0.6) is 11.5 Å². The van der Waals surface area contributed by atoms with E-state index in [4.69, 9.17) is 12.2 Å². The lowest BCUT2D eigenvalue weighted by Gasteiger charge is -2.10. The molecular weight excluding hydrogens is 286 g/mol. The second kappa shape index (κ2) is 5.06. The summed E-state index contributed by atoms with van der Waals surface area (Å²) in [7, 11) is 0. The molecule has 0 spiro atoms. The molecule has 0 bridgehead atoms. The molecule has 0 saturated carbocycles. The van der Waals surface area contributed by atoms with E-state index in [9.17, 15) is 10.2 Å². The maximum absolute atomic E-state index is 10.0. The molecule has 2 aromatic carbocycles. The highest BCUT2D eigenvalue weighted by Gasteiger charge is 2.15. The first kappa shape index (κ1) is 13.4. The summed E-state index contributed by atoms with van der Waals surface area (Å²) >= 11 is 5.30. The molecule has 0 aliphatic heterocycles. The van der Waals surface area contributed by atoms with Crippen LogP contribution in [0.15, 0.2) is 42.5 Å². The monoisotopic (exact) mass is 299 g/mol. The largest absolute Gasteiger partial charge is 0.508 e. The molecule has 3 aromatic rings. The molecule has 0 fully saturated rings. The van der Waals surface area contributed by atoms with Gasteiger partial charge >= 0.3 is 0 Å². The summed E-state index contributed by atoms with van der Waals surface area (Å²) in [4.78, 5) is 0. The quantitative estimate of drug-likeness (QED) is 0.635. The fourth-order valence-corrected chi connectivity index (χ4v) is 2.46. The van der Waals surface area contributed by atoms with Gasteiger partial charge in [0.15, 0.2) is 10.6 Å².